The van der Waals surface area contributed by atoms with Crippen molar-refractivity contribution in [2.75, 3.05) is 13.1 Å². The molecule has 0 aromatic carbocycles. The molecule has 1 aromatic heterocycles. The van der Waals surface area contributed by atoms with Gasteiger partial charge in [0.2, 0.25) is 0 Å². The van der Waals surface area contributed by atoms with Gasteiger partial charge < -0.3 is 4.90 Å². The first-order chi connectivity index (χ1) is 9.95. The molecule has 0 bridgehead atoms. The second kappa shape index (κ2) is 5.56. The van der Waals surface area contributed by atoms with E-state index in [0.29, 0.717) is 17.8 Å². The van der Waals surface area contributed by atoms with Crippen molar-refractivity contribution in [2.45, 2.75) is 46.5 Å². The SMILES string of the molecule is CC1=CC[C@@H]2CN(C(=O)c3sc(C(C)C)nc3C)C[C@@H]2C1. The predicted molar refractivity (Wildman–Crippen MR) is 86.8 cm³/mol. The minimum absolute atomic E-state index is 0.198. The summed E-state index contributed by atoms with van der Waals surface area (Å²) in [5.74, 6) is 1.92. The third-order valence-corrected chi connectivity index (χ3v) is 6.16. The van der Waals surface area contributed by atoms with Crippen molar-refractivity contribution in [1.29, 1.82) is 0 Å². The summed E-state index contributed by atoms with van der Waals surface area (Å²) in [6.07, 6.45) is 4.65. The van der Waals surface area contributed by atoms with Crippen molar-refractivity contribution in [3.05, 3.63) is 27.2 Å². The van der Waals surface area contributed by atoms with E-state index >= 15 is 0 Å². The highest BCUT2D eigenvalue weighted by Gasteiger charge is 2.37. The molecule has 1 aliphatic heterocycles. The van der Waals surface area contributed by atoms with Crippen LogP contribution in [-0.2, 0) is 0 Å². The number of carbonyl (C=O) groups is 1. The maximum absolute atomic E-state index is 12.8. The van der Waals surface area contributed by atoms with E-state index < -0.39 is 0 Å². The molecule has 1 aromatic rings. The van der Waals surface area contributed by atoms with Crippen LogP contribution in [0, 0.1) is 18.8 Å². The van der Waals surface area contributed by atoms with Gasteiger partial charge in [-0.1, -0.05) is 25.5 Å². The fourth-order valence-electron chi connectivity index (χ4n) is 3.46. The van der Waals surface area contributed by atoms with E-state index in [1.165, 1.54) is 5.57 Å². The van der Waals surface area contributed by atoms with Crippen LogP contribution in [0.25, 0.3) is 0 Å². The molecule has 3 rings (SSSR count). The van der Waals surface area contributed by atoms with Crippen LogP contribution < -0.4 is 0 Å². The lowest BCUT2D eigenvalue weighted by atomic mass is 9.83. The number of rotatable bonds is 2. The van der Waals surface area contributed by atoms with Gasteiger partial charge in [-0.2, -0.15) is 0 Å². The van der Waals surface area contributed by atoms with Crippen LogP contribution in [0.3, 0.4) is 0 Å². The van der Waals surface area contributed by atoms with Crippen molar-refractivity contribution in [1.82, 2.24) is 9.88 Å². The molecule has 0 radical (unpaired) electrons. The number of aromatic nitrogens is 1. The standard InChI is InChI=1S/C17H24N2OS/c1-10(2)16-18-12(4)15(21-16)17(20)19-8-13-6-5-11(3)7-14(13)9-19/h5,10,13-14H,6-9H2,1-4H3/t13-,14+/m1/s1. The predicted octanol–water partition coefficient (Wildman–Crippen LogP) is 4.00. The fraction of sp³-hybridized carbons (Fsp3) is 0.647. The van der Waals surface area contributed by atoms with E-state index in [1.54, 1.807) is 11.3 Å². The molecule has 2 aliphatic rings. The minimum atomic E-state index is 0.198. The lowest BCUT2D eigenvalue weighted by Crippen LogP contribution is -2.28. The van der Waals surface area contributed by atoms with Crippen LogP contribution in [0.2, 0.25) is 0 Å². The number of fused-ring (bicyclic) bond motifs is 1. The van der Waals surface area contributed by atoms with E-state index in [4.69, 9.17) is 0 Å². The highest BCUT2D eigenvalue weighted by atomic mass is 32.1. The Labute approximate surface area is 131 Å². The largest absolute Gasteiger partial charge is 0.337 e. The molecule has 2 heterocycles. The van der Waals surface area contributed by atoms with E-state index in [2.05, 4.69) is 36.7 Å². The topological polar surface area (TPSA) is 33.2 Å². The second-order valence-electron chi connectivity index (χ2n) is 6.84. The van der Waals surface area contributed by atoms with Gasteiger partial charge in [-0.25, -0.2) is 4.98 Å². The maximum atomic E-state index is 12.8. The molecule has 3 nitrogen and oxygen atoms in total. The first kappa shape index (κ1) is 14.8. The Morgan fingerprint density at radius 2 is 2.05 bits per heavy atom. The Morgan fingerprint density at radius 1 is 1.33 bits per heavy atom. The van der Waals surface area contributed by atoms with Crippen LogP contribution in [-0.4, -0.2) is 28.9 Å². The molecular weight excluding hydrogens is 280 g/mol. The number of likely N-dealkylation sites (tertiary alicyclic amines) is 1. The van der Waals surface area contributed by atoms with Crippen LogP contribution in [0.4, 0.5) is 0 Å². The van der Waals surface area contributed by atoms with Crippen LogP contribution in [0.1, 0.15) is 59.9 Å². The number of hydrogen-bond acceptors (Lipinski definition) is 3. The summed E-state index contributed by atoms with van der Waals surface area (Å²) in [6.45, 7) is 10.3. The van der Waals surface area contributed by atoms with Gasteiger partial charge in [-0.15, -0.1) is 11.3 Å². The maximum Gasteiger partial charge on any atom is 0.265 e. The average molecular weight is 304 g/mol. The van der Waals surface area contributed by atoms with Gasteiger partial charge in [0.15, 0.2) is 0 Å². The number of allylic oxidation sites excluding steroid dienone is 2. The minimum Gasteiger partial charge on any atom is -0.337 e. The molecule has 114 valence electrons. The summed E-state index contributed by atoms with van der Waals surface area (Å²) in [5, 5.41) is 1.07. The number of thiazole rings is 1. The van der Waals surface area contributed by atoms with Gasteiger partial charge in [-0.05, 0) is 38.5 Å². The van der Waals surface area contributed by atoms with Gasteiger partial charge in [0.25, 0.3) is 5.91 Å². The summed E-state index contributed by atoms with van der Waals surface area (Å²) in [6, 6.07) is 0. The van der Waals surface area contributed by atoms with Gasteiger partial charge in [-0.3, -0.25) is 4.79 Å². The Hall–Kier alpha value is -1.16. The van der Waals surface area contributed by atoms with Gasteiger partial charge in [0.05, 0.1) is 10.7 Å². The first-order valence-electron chi connectivity index (χ1n) is 7.88. The van der Waals surface area contributed by atoms with E-state index in [9.17, 15) is 4.79 Å². The van der Waals surface area contributed by atoms with E-state index in [-0.39, 0.29) is 5.91 Å². The molecule has 2 atom stereocenters. The normalized spacial score (nSPS) is 25.2. The summed E-state index contributed by atoms with van der Waals surface area (Å²) >= 11 is 1.58. The third-order valence-electron chi connectivity index (χ3n) is 4.72. The number of amides is 1. The quantitative estimate of drug-likeness (QED) is 0.774. The highest BCUT2D eigenvalue weighted by Crippen LogP contribution is 2.37. The molecule has 0 saturated carbocycles. The monoisotopic (exact) mass is 304 g/mol. The Bertz CT molecular complexity index is 588. The van der Waals surface area contributed by atoms with Crippen LogP contribution in [0.15, 0.2) is 11.6 Å². The van der Waals surface area contributed by atoms with Gasteiger partial charge in [0.1, 0.15) is 4.88 Å². The number of hydrogen-bond donors (Lipinski definition) is 0. The number of carbonyl (C=O) groups excluding carboxylic acids is 1. The van der Waals surface area contributed by atoms with Crippen molar-refractivity contribution in [3.63, 3.8) is 0 Å². The summed E-state index contributed by atoms with van der Waals surface area (Å²) in [5.41, 5.74) is 2.39. The number of aryl methyl sites for hydroxylation is 1. The zero-order valence-corrected chi connectivity index (χ0v) is 14.2. The van der Waals surface area contributed by atoms with E-state index in [1.807, 2.05) is 6.92 Å². The van der Waals surface area contributed by atoms with Crippen LogP contribution in [0.5, 0.6) is 0 Å². The molecule has 1 saturated heterocycles. The fourth-order valence-corrected chi connectivity index (χ4v) is 4.50. The van der Waals surface area contributed by atoms with Gasteiger partial charge >= 0.3 is 0 Å². The summed E-state index contributed by atoms with van der Waals surface area (Å²) in [7, 11) is 0. The van der Waals surface area contributed by atoms with Crippen molar-refractivity contribution in [3.8, 4) is 0 Å². The Balaban J connectivity index is 1.75. The third kappa shape index (κ3) is 2.78. The van der Waals surface area contributed by atoms with Crippen molar-refractivity contribution >= 4 is 17.2 Å². The molecular formula is C17H24N2OS. The smallest absolute Gasteiger partial charge is 0.265 e. The summed E-state index contributed by atoms with van der Waals surface area (Å²) in [4.78, 5) is 20.3. The van der Waals surface area contributed by atoms with Gasteiger partial charge in [0, 0.05) is 19.0 Å². The second-order valence-corrected chi connectivity index (χ2v) is 7.87. The van der Waals surface area contributed by atoms with E-state index in [0.717, 1.165) is 41.5 Å². The highest BCUT2D eigenvalue weighted by molar-refractivity contribution is 7.13. The molecule has 4 heteroatoms. The molecule has 0 spiro atoms. The molecule has 1 fully saturated rings. The molecule has 21 heavy (non-hydrogen) atoms. The Kier molecular flexibility index (Phi) is 3.91. The van der Waals surface area contributed by atoms with Crippen molar-refractivity contribution in [2.24, 2.45) is 11.8 Å². The lowest BCUT2D eigenvalue weighted by molar-refractivity contribution is 0.0788. The first-order valence-corrected chi connectivity index (χ1v) is 8.69. The average Bonchev–Trinajstić information content (AvgIpc) is 3.01. The van der Waals surface area contributed by atoms with Crippen LogP contribution >= 0.6 is 11.3 Å². The lowest BCUT2D eigenvalue weighted by Gasteiger charge is -2.21. The van der Waals surface area contributed by atoms with Crippen molar-refractivity contribution < 1.29 is 4.79 Å². The summed E-state index contributed by atoms with van der Waals surface area (Å²) < 4.78 is 0. The zero-order valence-electron chi connectivity index (χ0n) is 13.3. The number of nitrogens with zero attached hydrogens (tertiary/aromatic N) is 2. The molecule has 0 unspecified atom stereocenters. The molecule has 0 N–H and O–H groups in total. The zero-order chi connectivity index (χ0) is 15.1. The Morgan fingerprint density at radius 3 is 2.71 bits per heavy atom. The molecule has 1 amide bonds. The molecule has 1 aliphatic carbocycles.